The van der Waals surface area contributed by atoms with Crippen LogP contribution in [-0.2, 0) is 0 Å². The molecule has 0 radical (unpaired) electrons. The van der Waals surface area contributed by atoms with Crippen LogP contribution in [0.15, 0.2) is 42.5 Å². The van der Waals surface area contributed by atoms with E-state index >= 15 is 0 Å². The molecule has 0 saturated carbocycles. The Kier molecular flexibility index (Phi) is 4.57. The number of carbonyl (C=O) groups is 1. The first-order valence-corrected chi connectivity index (χ1v) is 6.51. The summed E-state index contributed by atoms with van der Waals surface area (Å²) < 4.78 is 5.44. The van der Waals surface area contributed by atoms with Gasteiger partial charge in [-0.25, -0.2) is 0 Å². The molecule has 2 aromatic rings. The molecule has 7 nitrogen and oxygen atoms in total. The minimum atomic E-state index is -1.50. The van der Waals surface area contributed by atoms with E-state index in [4.69, 9.17) is 4.74 Å². The molecule has 2 aromatic carbocycles. The lowest BCUT2D eigenvalue weighted by molar-refractivity contribution is -0.385. The number of non-ortho nitro benzene ring substituents is 1. The van der Waals surface area contributed by atoms with Crippen molar-refractivity contribution in [3.63, 3.8) is 0 Å². The second-order valence-corrected chi connectivity index (χ2v) is 4.33. The Labute approximate surface area is 126 Å². The van der Waals surface area contributed by atoms with Crippen molar-refractivity contribution in [1.29, 1.82) is 0 Å². The predicted octanol–water partition coefficient (Wildman–Crippen LogP) is 2.10. The number of anilines is 2. The standard InChI is InChI=1S/C15H14N2O5/c1-2-22-14-6-4-3-5-13(14)16-12-8-7-10(17(20)21)9-11(12)15(18)19/h3-9,16H,2H2,1H3,(H,18,19)/p-1. The quantitative estimate of drug-likeness (QED) is 0.647. The summed E-state index contributed by atoms with van der Waals surface area (Å²) in [6, 6.07) is 10.5. The fourth-order valence-corrected chi connectivity index (χ4v) is 1.92. The van der Waals surface area contributed by atoms with E-state index in [0.29, 0.717) is 18.0 Å². The molecule has 1 N–H and O–H groups in total. The summed E-state index contributed by atoms with van der Waals surface area (Å²) in [5, 5.41) is 24.8. The number of aromatic carboxylic acids is 1. The van der Waals surface area contributed by atoms with Crippen LogP contribution >= 0.6 is 0 Å². The molecule has 0 unspecified atom stereocenters. The molecular weight excluding hydrogens is 288 g/mol. The summed E-state index contributed by atoms with van der Waals surface area (Å²) in [7, 11) is 0. The van der Waals surface area contributed by atoms with E-state index < -0.39 is 10.9 Å². The van der Waals surface area contributed by atoms with Crippen molar-refractivity contribution in [3.05, 3.63) is 58.1 Å². The zero-order chi connectivity index (χ0) is 16.1. The fourth-order valence-electron chi connectivity index (χ4n) is 1.92. The van der Waals surface area contributed by atoms with Gasteiger partial charge in [0.2, 0.25) is 0 Å². The summed E-state index contributed by atoms with van der Waals surface area (Å²) in [6.07, 6.45) is 0. The molecule has 0 aliphatic rings. The lowest BCUT2D eigenvalue weighted by Gasteiger charge is -2.15. The van der Waals surface area contributed by atoms with E-state index in [9.17, 15) is 20.0 Å². The largest absolute Gasteiger partial charge is 0.545 e. The minimum absolute atomic E-state index is 0.192. The van der Waals surface area contributed by atoms with E-state index in [0.717, 1.165) is 6.07 Å². The highest BCUT2D eigenvalue weighted by Gasteiger charge is 2.13. The van der Waals surface area contributed by atoms with Gasteiger partial charge >= 0.3 is 0 Å². The Morgan fingerprint density at radius 1 is 1.23 bits per heavy atom. The SMILES string of the molecule is CCOc1ccccc1Nc1ccc([N+](=O)[O-])cc1C(=O)[O-]. The molecule has 7 heteroatoms. The van der Waals surface area contributed by atoms with Crippen LogP contribution in [0.3, 0.4) is 0 Å². The number of para-hydroxylation sites is 2. The normalized spacial score (nSPS) is 10.0. The maximum atomic E-state index is 11.2. The number of nitrogens with one attached hydrogen (secondary N) is 1. The van der Waals surface area contributed by atoms with Crippen molar-refractivity contribution in [2.24, 2.45) is 0 Å². The van der Waals surface area contributed by atoms with Crippen LogP contribution in [0.25, 0.3) is 0 Å². The number of rotatable bonds is 6. The molecule has 0 amide bonds. The van der Waals surface area contributed by atoms with Gasteiger partial charge in [-0.1, -0.05) is 12.1 Å². The number of nitrogens with zero attached hydrogens (tertiary/aromatic N) is 1. The predicted molar refractivity (Wildman–Crippen MR) is 78.3 cm³/mol. The highest BCUT2D eigenvalue weighted by Crippen LogP contribution is 2.30. The first kappa shape index (κ1) is 15.3. The van der Waals surface area contributed by atoms with Gasteiger partial charge in [0.05, 0.1) is 23.2 Å². The average Bonchev–Trinajstić information content (AvgIpc) is 2.49. The second-order valence-electron chi connectivity index (χ2n) is 4.33. The van der Waals surface area contributed by atoms with Gasteiger partial charge in [0.1, 0.15) is 5.75 Å². The lowest BCUT2D eigenvalue weighted by atomic mass is 10.1. The number of hydrogen-bond donors (Lipinski definition) is 1. The first-order chi connectivity index (χ1) is 10.5. The number of benzene rings is 2. The molecule has 114 valence electrons. The topological polar surface area (TPSA) is 105 Å². The monoisotopic (exact) mass is 301 g/mol. The van der Waals surface area contributed by atoms with Gasteiger partial charge in [-0.3, -0.25) is 10.1 Å². The van der Waals surface area contributed by atoms with E-state index in [2.05, 4.69) is 5.32 Å². The van der Waals surface area contributed by atoms with Gasteiger partial charge in [0, 0.05) is 23.4 Å². The molecule has 0 aromatic heterocycles. The minimum Gasteiger partial charge on any atom is -0.545 e. The highest BCUT2D eigenvalue weighted by atomic mass is 16.6. The number of carboxylic acids is 1. The molecule has 0 spiro atoms. The molecule has 0 aliphatic heterocycles. The number of hydrogen-bond acceptors (Lipinski definition) is 6. The molecule has 2 rings (SSSR count). The van der Waals surface area contributed by atoms with Crippen LogP contribution in [0.2, 0.25) is 0 Å². The third-order valence-corrected chi connectivity index (χ3v) is 2.89. The number of nitro benzene ring substituents is 1. The van der Waals surface area contributed by atoms with Crippen LogP contribution in [-0.4, -0.2) is 17.5 Å². The van der Waals surface area contributed by atoms with Crippen LogP contribution in [0, 0.1) is 10.1 Å². The zero-order valence-electron chi connectivity index (χ0n) is 11.7. The fraction of sp³-hybridized carbons (Fsp3) is 0.133. The van der Waals surface area contributed by atoms with Gasteiger partial charge in [-0.2, -0.15) is 0 Å². The van der Waals surface area contributed by atoms with Gasteiger partial charge in [-0.15, -0.1) is 0 Å². The van der Waals surface area contributed by atoms with Crippen molar-refractivity contribution < 1.29 is 19.6 Å². The van der Waals surface area contributed by atoms with Crippen molar-refractivity contribution in [1.82, 2.24) is 0 Å². The van der Waals surface area contributed by atoms with Crippen LogP contribution in [0.5, 0.6) is 5.75 Å². The van der Waals surface area contributed by atoms with Crippen LogP contribution < -0.4 is 15.2 Å². The summed E-state index contributed by atoms with van der Waals surface area (Å²) >= 11 is 0. The summed E-state index contributed by atoms with van der Waals surface area (Å²) in [5.41, 5.74) is 0.141. The van der Waals surface area contributed by atoms with E-state index in [-0.39, 0.29) is 16.9 Å². The highest BCUT2D eigenvalue weighted by molar-refractivity contribution is 5.95. The van der Waals surface area contributed by atoms with Crippen molar-refractivity contribution in [2.75, 3.05) is 11.9 Å². The number of carbonyl (C=O) groups excluding carboxylic acids is 1. The Hall–Kier alpha value is -3.09. The molecule has 22 heavy (non-hydrogen) atoms. The molecular formula is C15H13N2O5-. The van der Waals surface area contributed by atoms with Gasteiger partial charge in [0.15, 0.2) is 0 Å². The Morgan fingerprint density at radius 2 is 1.95 bits per heavy atom. The maximum Gasteiger partial charge on any atom is 0.270 e. The summed E-state index contributed by atoms with van der Waals surface area (Å²) in [4.78, 5) is 21.3. The van der Waals surface area contributed by atoms with Gasteiger partial charge in [0.25, 0.3) is 5.69 Å². The smallest absolute Gasteiger partial charge is 0.270 e. The van der Waals surface area contributed by atoms with Crippen molar-refractivity contribution in [3.8, 4) is 5.75 Å². The molecule has 0 saturated heterocycles. The molecule has 0 aliphatic carbocycles. The molecule has 0 fully saturated rings. The Balaban J connectivity index is 2.41. The number of nitro groups is 1. The number of carboxylic acid groups (broad SMARTS) is 1. The summed E-state index contributed by atoms with van der Waals surface area (Å²) in [5.74, 6) is -0.951. The average molecular weight is 301 g/mol. The zero-order valence-corrected chi connectivity index (χ0v) is 11.7. The maximum absolute atomic E-state index is 11.2. The van der Waals surface area contributed by atoms with Crippen molar-refractivity contribution in [2.45, 2.75) is 6.92 Å². The van der Waals surface area contributed by atoms with E-state index in [1.54, 1.807) is 24.3 Å². The van der Waals surface area contributed by atoms with Crippen LogP contribution in [0.1, 0.15) is 17.3 Å². The van der Waals surface area contributed by atoms with Crippen molar-refractivity contribution >= 4 is 23.0 Å². The van der Waals surface area contributed by atoms with Gasteiger partial charge < -0.3 is 20.0 Å². The molecule has 0 bridgehead atoms. The van der Waals surface area contributed by atoms with Gasteiger partial charge in [-0.05, 0) is 25.1 Å². The summed E-state index contributed by atoms with van der Waals surface area (Å²) in [6.45, 7) is 2.28. The van der Waals surface area contributed by atoms with E-state index in [1.807, 2.05) is 6.92 Å². The second kappa shape index (κ2) is 6.57. The number of ether oxygens (including phenoxy) is 1. The molecule has 0 atom stereocenters. The first-order valence-electron chi connectivity index (χ1n) is 6.51. The lowest BCUT2D eigenvalue weighted by Crippen LogP contribution is -2.23. The third kappa shape index (κ3) is 3.32. The Morgan fingerprint density at radius 3 is 2.59 bits per heavy atom. The molecule has 0 heterocycles. The van der Waals surface area contributed by atoms with E-state index in [1.165, 1.54) is 12.1 Å². The third-order valence-electron chi connectivity index (χ3n) is 2.89. The Bertz CT molecular complexity index is 715. The van der Waals surface area contributed by atoms with Crippen LogP contribution in [0.4, 0.5) is 17.1 Å².